The van der Waals surface area contributed by atoms with Gasteiger partial charge in [-0.25, -0.2) is 0 Å². The number of hydrogen-bond acceptors (Lipinski definition) is 3. The molecule has 1 aliphatic carbocycles. The van der Waals surface area contributed by atoms with E-state index in [1.165, 1.54) is 24.0 Å². The molecule has 0 heterocycles. The summed E-state index contributed by atoms with van der Waals surface area (Å²) in [6.45, 7) is 2.15. The van der Waals surface area contributed by atoms with Crippen molar-refractivity contribution in [1.82, 2.24) is 0 Å². The van der Waals surface area contributed by atoms with E-state index in [0.717, 1.165) is 18.4 Å². The predicted molar refractivity (Wildman–Crippen MR) is 82.4 cm³/mol. The molecule has 3 heteroatoms. The molecule has 0 atom stereocenters. The van der Waals surface area contributed by atoms with Crippen molar-refractivity contribution in [2.24, 2.45) is 0 Å². The van der Waals surface area contributed by atoms with Gasteiger partial charge in [0.05, 0.1) is 6.42 Å². The normalized spacial score (nSPS) is 14.0. The minimum Gasteiger partial charge on any atom is -0.461 e. The number of carbonyl (C=O) groups is 2. The lowest BCUT2D eigenvalue weighted by atomic mass is 9.89. The Morgan fingerprint density at radius 1 is 1.14 bits per heavy atom. The van der Waals surface area contributed by atoms with Crippen LogP contribution in [0.3, 0.4) is 0 Å². The van der Waals surface area contributed by atoms with Gasteiger partial charge >= 0.3 is 5.97 Å². The van der Waals surface area contributed by atoms with Crippen molar-refractivity contribution in [2.45, 2.75) is 45.4 Å². The van der Waals surface area contributed by atoms with Crippen LogP contribution in [0.5, 0.6) is 0 Å². The number of carbonyl (C=O) groups excluding carboxylic acids is 2. The fourth-order valence-corrected chi connectivity index (χ4v) is 2.58. The summed E-state index contributed by atoms with van der Waals surface area (Å²) in [5.74, 6) is -0.300. The lowest BCUT2D eigenvalue weighted by Crippen LogP contribution is -2.10. The summed E-state index contributed by atoms with van der Waals surface area (Å²) in [5, 5.41) is 0. The first-order valence-corrected chi connectivity index (χ1v) is 7.62. The third kappa shape index (κ3) is 4.55. The zero-order valence-electron chi connectivity index (χ0n) is 12.6. The molecule has 0 radical (unpaired) electrons. The van der Waals surface area contributed by atoms with Crippen LogP contribution < -0.4 is 0 Å². The number of ether oxygens (including phenoxy) is 1. The van der Waals surface area contributed by atoms with Crippen LogP contribution in [0.25, 0.3) is 0 Å². The van der Waals surface area contributed by atoms with Crippen LogP contribution in [0.15, 0.2) is 30.4 Å². The number of fused-ring (bicyclic) bond motifs is 1. The second-order valence-corrected chi connectivity index (χ2v) is 5.37. The number of benzene rings is 1. The van der Waals surface area contributed by atoms with Gasteiger partial charge in [0.15, 0.2) is 5.78 Å². The topological polar surface area (TPSA) is 43.4 Å². The highest BCUT2D eigenvalue weighted by Gasteiger charge is 2.14. The van der Waals surface area contributed by atoms with Crippen LogP contribution in [0, 0.1) is 0 Å². The number of ketones is 1. The molecular formula is C18H22O3. The van der Waals surface area contributed by atoms with Crippen LogP contribution in [-0.4, -0.2) is 18.4 Å². The maximum absolute atomic E-state index is 12.1. The monoisotopic (exact) mass is 286 g/mol. The summed E-state index contributed by atoms with van der Waals surface area (Å²) in [7, 11) is 0. The van der Waals surface area contributed by atoms with E-state index in [1.807, 2.05) is 25.1 Å². The maximum atomic E-state index is 12.1. The lowest BCUT2D eigenvalue weighted by molar-refractivity contribution is -0.142. The highest BCUT2D eigenvalue weighted by atomic mass is 16.5. The van der Waals surface area contributed by atoms with Crippen LogP contribution in [-0.2, 0) is 22.4 Å². The van der Waals surface area contributed by atoms with Gasteiger partial charge in [0.25, 0.3) is 0 Å². The quantitative estimate of drug-likeness (QED) is 0.455. The Labute approximate surface area is 126 Å². The zero-order valence-corrected chi connectivity index (χ0v) is 12.6. The fraction of sp³-hybridized carbons (Fsp3) is 0.444. The van der Waals surface area contributed by atoms with Crippen molar-refractivity contribution >= 4 is 11.8 Å². The van der Waals surface area contributed by atoms with Gasteiger partial charge in [0, 0.05) is 12.0 Å². The van der Waals surface area contributed by atoms with Gasteiger partial charge in [-0.15, -0.1) is 0 Å². The Kier molecular flexibility index (Phi) is 5.73. The van der Waals surface area contributed by atoms with Crippen LogP contribution in [0.4, 0.5) is 0 Å². The first-order chi connectivity index (χ1) is 10.2. The Balaban J connectivity index is 1.87. The molecule has 0 amide bonds. The highest BCUT2D eigenvalue weighted by Crippen LogP contribution is 2.22. The first kappa shape index (κ1) is 15.5. The summed E-state index contributed by atoms with van der Waals surface area (Å²) in [4.78, 5) is 23.6. The van der Waals surface area contributed by atoms with Gasteiger partial charge in [-0.1, -0.05) is 24.3 Å². The van der Waals surface area contributed by atoms with Gasteiger partial charge in [-0.2, -0.15) is 0 Å². The summed E-state index contributed by atoms with van der Waals surface area (Å²) < 4.78 is 4.98. The molecule has 21 heavy (non-hydrogen) atoms. The SMILES string of the molecule is CC=CCOC(=O)CCC(=O)c1ccc2c(c1)CCCC2. The number of rotatable bonds is 6. The Morgan fingerprint density at radius 3 is 2.67 bits per heavy atom. The predicted octanol–water partition coefficient (Wildman–Crippen LogP) is 3.65. The standard InChI is InChI=1S/C18H22O3/c1-2-3-12-21-18(20)11-10-17(19)16-9-8-14-6-4-5-7-15(14)13-16/h2-3,8-9,13H,4-7,10-12H2,1H3. The smallest absolute Gasteiger partial charge is 0.306 e. The zero-order chi connectivity index (χ0) is 15.1. The second-order valence-electron chi connectivity index (χ2n) is 5.37. The molecule has 0 saturated carbocycles. The van der Waals surface area contributed by atoms with Gasteiger partial charge in [-0.05, 0) is 49.8 Å². The van der Waals surface area contributed by atoms with E-state index in [1.54, 1.807) is 6.08 Å². The van der Waals surface area contributed by atoms with Gasteiger partial charge in [0.2, 0.25) is 0 Å². The number of hydrogen-bond donors (Lipinski definition) is 0. The van der Waals surface area contributed by atoms with Crippen LogP contribution >= 0.6 is 0 Å². The average Bonchev–Trinajstić information content (AvgIpc) is 2.52. The minimum atomic E-state index is -0.320. The number of aryl methyl sites for hydroxylation is 2. The molecule has 1 aliphatic rings. The van der Waals surface area contributed by atoms with E-state index in [0.29, 0.717) is 0 Å². The van der Waals surface area contributed by atoms with E-state index in [9.17, 15) is 9.59 Å². The summed E-state index contributed by atoms with van der Waals surface area (Å²) in [5.41, 5.74) is 3.38. The van der Waals surface area contributed by atoms with E-state index in [-0.39, 0.29) is 31.2 Å². The molecule has 0 N–H and O–H groups in total. The number of Topliss-reactive ketones (excluding diaryl/α,β-unsaturated/α-hetero) is 1. The molecule has 0 aliphatic heterocycles. The number of allylic oxidation sites excluding steroid dienone is 1. The Morgan fingerprint density at radius 2 is 1.90 bits per heavy atom. The number of esters is 1. The van der Waals surface area contributed by atoms with Gasteiger partial charge in [-0.3, -0.25) is 9.59 Å². The van der Waals surface area contributed by atoms with Crippen molar-refractivity contribution in [1.29, 1.82) is 0 Å². The van der Waals surface area contributed by atoms with E-state index in [2.05, 4.69) is 6.07 Å². The van der Waals surface area contributed by atoms with E-state index >= 15 is 0 Å². The third-order valence-corrected chi connectivity index (χ3v) is 3.80. The molecule has 0 fully saturated rings. The molecule has 0 bridgehead atoms. The molecule has 2 rings (SSSR count). The fourth-order valence-electron chi connectivity index (χ4n) is 2.58. The molecule has 1 aromatic carbocycles. The van der Waals surface area contributed by atoms with Gasteiger partial charge < -0.3 is 4.74 Å². The second kappa shape index (κ2) is 7.77. The Hall–Kier alpha value is -1.90. The van der Waals surface area contributed by atoms with E-state index < -0.39 is 0 Å². The largest absolute Gasteiger partial charge is 0.461 e. The lowest BCUT2D eigenvalue weighted by Gasteiger charge is -2.16. The Bertz CT molecular complexity index is 543. The molecule has 1 aromatic rings. The third-order valence-electron chi connectivity index (χ3n) is 3.80. The molecule has 112 valence electrons. The van der Waals surface area contributed by atoms with Crippen molar-refractivity contribution in [2.75, 3.05) is 6.61 Å². The van der Waals surface area contributed by atoms with Crippen molar-refractivity contribution in [3.8, 4) is 0 Å². The summed E-state index contributed by atoms with van der Waals surface area (Å²) in [6.07, 6.45) is 8.55. The van der Waals surface area contributed by atoms with Crippen LogP contribution in [0.1, 0.15) is 54.1 Å². The van der Waals surface area contributed by atoms with Crippen molar-refractivity contribution < 1.29 is 14.3 Å². The summed E-state index contributed by atoms with van der Waals surface area (Å²) in [6, 6.07) is 5.95. The van der Waals surface area contributed by atoms with Crippen molar-refractivity contribution in [3.05, 3.63) is 47.0 Å². The molecule has 0 unspecified atom stereocenters. The molecule has 0 aromatic heterocycles. The van der Waals surface area contributed by atoms with Crippen molar-refractivity contribution in [3.63, 3.8) is 0 Å². The average molecular weight is 286 g/mol. The van der Waals surface area contributed by atoms with Gasteiger partial charge in [0.1, 0.15) is 6.61 Å². The highest BCUT2D eigenvalue weighted by molar-refractivity contribution is 5.97. The molecule has 0 saturated heterocycles. The maximum Gasteiger partial charge on any atom is 0.306 e. The molecular weight excluding hydrogens is 264 g/mol. The van der Waals surface area contributed by atoms with E-state index in [4.69, 9.17) is 4.74 Å². The first-order valence-electron chi connectivity index (χ1n) is 7.62. The molecule has 3 nitrogen and oxygen atoms in total. The summed E-state index contributed by atoms with van der Waals surface area (Å²) >= 11 is 0. The van der Waals surface area contributed by atoms with Crippen LogP contribution in [0.2, 0.25) is 0 Å². The minimum absolute atomic E-state index is 0.0198. The molecule has 0 spiro atoms.